The molecular formula is C16H25N3O3. The first kappa shape index (κ1) is 16.5. The SMILES string of the molecule is COc1cnc(N2CCC(CC(=O)OC(C)(C)C)CC2)nc1. The first-order valence-corrected chi connectivity index (χ1v) is 7.70. The number of hydrogen-bond donors (Lipinski definition) is 0. The highest BCUT2D eigenvalue weighted by molar-refractivity contribution is 5.70. The van der Waals surface area contributed by atoms with E-state index in [0.717, 1.165) is 31.9 Å². The molecule has 1 saturated heterocycles. The molecular weight excluding hydrogens is 282 g/mol. The van der Waals surface area contributed by atoms with Gasteiger partial charge in [0.2, 0.25) is 5.95 Å². The van der Waals surface area contributed by atoms with Gasteiger partial charge in [0.1, 0.15) is 5.60 Å². The summed E-state index contributed by atoms with van der Waals surface area (Å²) in [5.74, 6) is 1.65. The summed E-state index contributed by atoms with van der Waals surface area (Å²) < 4.78 is 10.4. The average molecular weight is 307 g/mol. The van der Waals surface area contributed by atoms with Crippen molar-refractivity contribution in [3.8, 4) is 5.75 Å². The zero-order valence-corrected chi connectivity index (χ0v) is 13.8. The van der Waals surface area contributed by atoms with E-state index in [9.17, 15) is 4.79 Å². The van der Waals surface area contributed by atoms with E-state index in [1.807, 2.05) is 20.8 Å². The maximum Gasteiger partial charge on any atom is 0.306 e. The second-order valence-electron chi connectivity index (χ2n) is 6.64. The normalized spacial score (nSPS) is 16.5. The average Bonchev–Trinajstić information content (AvgIpc) is 2.46. The second-order valence-corrected chi connectivity index (χ2v) is 6.64. The van der Waals surface area contributed by atoms with Crippen LogP contribution in [0.4, 0.5) is 5.95 Å². The van der Waals surface area contributed by atoms with Crippen LogP contribution in [0.3, 0.4) is 0 Å². The molecule has 2 heterocycles. The number of carbonyl (C=O) groups excluding carboxylic acids is 1. The van der Waals surface area contributed by atoms with E-state index in [0.29, 0.717) is 18.1 Å². The minimum Gasteiger partial charge on any atom is -0.494 e. The summed E-state index contributed by atoms with van der Waals surface area (Å²) in [6, 6.07) is 0. The Morgan fingerprint density at radius 3 is 2.36 bits per heavy atom. The zero-order chi connectivity index (χ0) is 16.2. The lowest BCUT2D eigenvalue weighted by Crippen LogP contribution is -2.36. The van der Waals surface area contributed by atoms with Crippen molar-refractivity contribution in [1.29, 1.82) is 0 Å². The van der Waals surface area contributed by atoms with Gasteiger partial charge >= 0.3 is 5.97 Å². The molecule has 0 aliphatic carbocycles. The van der Waals surface area contributed by atoms with Crippen LogP contribution in [0.5, 0.6) is 5.75 Å². The van der Waals surface area contributed by atoms with Crippen LogP contribution in [-0.2, 0) is 9.53 Å². The monoisotopic (exact) mass is 307 g/mol. The summed E-state index contributed by atoms with van der Waals surface area (Å²) in [4.78, 5) is 22.6. The summed E-state index contributed by atoms with van der Waals surface area (Å²) in [5, 5.41) is 0. The Morgan fingerprint density at radius 1 is 1.27 bits per heavy atom. The Kier molecular flexibility index (Phi) is 5.21. The molecule has 0 bridgehead atoms. The number of carbonyl (C=O) groups is 1. The molecule has 6 nitrogen and oxygen atoms in total. The highest BCUT2D eigenvalue weighted by atomic mass is 16.6. The van der Waals surface area contributed by atoms with E-state index < -0.39 is 5.60 Å². The Bertz CT molecular complexity index is 488. The van der Waals surface area contributed by atoms with Crippen LogP contribution in [0.25, 0.3) is 0 Å². The standard InChI is InChI=1S/C16H25N3O3/c1-16(2,3)22-14(20)9-12-5-7-19(8-6-12)15-17-10-13(21-4)11-18-15/h10-12H,5-9H2,1-4H3. The Labute approximate surface area is 131 Å². The number of piperidine rings is 1. The van der Waals surface area contributed by atoms with Crippen LogP contribution in [0.1, 0.15) is 40.0 Å². The van der Waals surface area contributed by atoms with E-state index in [1.54, 1.807) is 19.5 Å². The number of nitrogens with zero attached hydrogens (tertiary/aromatic N) is 3. The van der Waals surface area contributed by atoms with Crippen LogP contribution in [0.2, 0.25) is 0 Å². The molecule has 0 radical (unpaired) electrons. The van der Waals surface area contributed by atoms with Gasteiger partial charge in [0.25, 0.3) is 0 Å². The highest BCUT2D eigenvalue weighted by Crippen LogP contribution is 2.24. The predicted octanol–water partition coefficient (Wildman–Crippen LogP) is 2.43. The summed E-state index contributed by atoms with van der Waals surface area (Å²) >= 11 is 0. The Hall–Kier alpha value is -1.85. The van der Waals surface area contributed by atoms with E-state index >= 15 is 0 Å². The number of ether oxygens (including phenoxy) is 2. The molecule has 1 fully saturated rings. The highest BCUT2D eigenvalue weighted by Gasteiger charge is 2.25. The molecule has 0 atom stereocenters. The van der Waals surface area contributed by atoms with Gasteiger partial charge in [-0.1, -0.05) is 0 Å². The van der Waals surface area contributed by atoms with E-state index in [4.69, 9.17) is 9.47 Å². The third-order valence-electron chi connectivity index (χ3n) is 3.62. The number of anilines is 1. The van der Waals surface area contributed by atoms with E-state index in [-0.39, 0.29) is 5.97 Å². The molecule has 1 aliphatic heterocycles. The fourth-order valence-electron chi connectivity index (χ4n) is 2.53. The van der Waals surface area contributed by atoms with Crippen molar-refractivity contribution in [3.05, 3.63) is 12.4 Å². The van der Waals surface area contributed by atoms with Crippen LogP contribution in [0.15, 0.2) is 12.4 Å². The van der Waals surface area contributed by atoms with E-state index in [1.165, 1.54) is 0 Å². The molecule has 1 aromatic rings. The summed E-state index contributed by atoms with van der Waals surface area (Å²) in [6.07, 6.45) is 5.75. The van der Waals surface area contributed by atoms with E-state index in [2.05, 4.69) is 14.9 Å². The summed E-state index contributed by atoms with van der Waals surface area (Å²) in [5.41, 5.74) is -0.408. The van der Waals surface area contributed by atoms with Gasteiger partial charge < -0.3 is 14.4 Å². The fraction of sp³-hybridized carbons (Fsp3) is 0.688. The van der Waals surface area contributed by atoms with Crippen molar-refractivity contribution in [2.24, 2.45) is 5.92 Å². The van der Waals surface area contributed by atoms with Gasteiger partial charge in [0.15, 0.2) is 5.75 Å². The largest absolute Gasteiger partial charge is 0.494 e. The molecule has 22 heavy (non-hydrogen) atoms. The molecule has 2 rings (SSSR count). The van der Waals surface area contributed by atoms with Crippen molar-refractivity contribution in [2.45, 2.75) is 45.6 Å². The molecule has 0 saturated carbocycles. The van der Waals surface area contributed by atoms with Crippen molar-refractivity contribution >= 4 is 11.9 Å². The first-order valence-electron chi connectivity index (χ1n) is 7.70. The second kappa shape index (κ2) is 6.94. The van der Waals surface area contributed by atoms with Crippen molar-refractivity contribution < 1.29 is 14.3 Å². The number of esters is 1. The van der Waals surface area contributed by atoms with Gasteiger partial charge in [0.05, 0.1) is 19.5 Å². The van der Waals surface area contributed by atoms with Crippen LogP contribution in [0, 0.1) is 5.92 Å². The number of rotatable bonds is 4. The molecule has 1 aliphatic rings. The quantitative estimate of drug-likeness (QED) is 0.796. The van der Waals surface area contributed by atoms with Crippen LogP contribution in [-0.4, -0.2) is 41.7 Å². The fourth-order valence-corrected chi connectivity index (χ4v) is 2.53. The minimum atomic E-state index is -0.408. The third kappa shape index (κ3) is 4.86. The molecule has 0 amide bonds. The zero-order valence-electron chi connectivity index (χ0n) is 13.8. The third-order valence-corrected chi connectivity index (χ3v) is 3.62. The molecule has 122 valence electrons. The first-order chi connectivity index (χ1) is 10.4. The summed E-state index contributed by atoms with van der Waals surface area (Å²) in [6.45, 7) is 7.41. The number of aromatic nitrogens is 2. The minimum absolute atomic E-state index is 0.105. The van der Waals surface area contributed by atoms with Gasteiger partial charge in [-0.15, -0.1) is 0 Å². The number of hydrogen-bond acceptors (Lipinski definition) is 6. The van der Waals surface area contributed by atoms with Crippen molar-refractivity contribution in [2.75, 3.05) is 25.1 Å². The molecule has 0 aromatic carbocycles. The molecule has 0 spiro atoms. The van der Waals surface area contributed by atoms with Crippen molar-refractivity contribution in [1.82, 2.24) is 9.97 Å². The van der Waals surface area contributed by atoms with Crippen molar-refractivity contribution in [3.63, 3.8) is 0 Å². The molecule has 1 aromatic heterocycles. The topological polar surface area (TPSA) is 64.5 Å². The maximum absolute atomic E-state index is 11.9. The van der Waals surface area contributed by atoms with Gasteiger partial charge in [0, 0.05) is 19.5 Å². The van der Waals surface area contributed by atoms with Gasteiger partial charge in [-0.2, -0.15) is 0 Å². The smallest absolute Gasteiger partial charge is 0.306 e. The lowest BCUT2D eigenvalue weighted by molar-refractivity contribution is -0.156. The molecule has 0 unspecified atom stereocenters. The van der Waals surface area contributed by atoms with Crippen LogP contribution < -0.4 is 9.64 Å². The molecule has 6 heteroatoms. The lowest BCUT2D eigenvalue weighted by Gasteiger charge is -2.32. The Balaban J connectivity index is 1.81. The van der Waals surface area contributed by atoms with Gasteiger partial charge in [-0.3, -0.25) is 4.79 Å². The lowest BCUT2D eigenvalue weighted by atomic mass is 9.93. The van der Waals surface area contributed by atoms with Crippen LogP contribution >= 0.6 is 0 Å². The van der Waals surface area contributed by atoms with Gasteiger partial charge in [-0.05, 0) is 39.5 Å². The summed E-state index contributed by atoms with van der Waals surface area (Å²) in [7, 11) is 1.60. The van der Waals surface area contributed by atoms with Gasteiger partial charge in [-0.25, -0.2) is 9.97 Å². The molecule has 0 N–H and O–H groups in total. The predicted molar refractivity (Wildman–Crippen MR) is 84.0 cm³/mol. The Morgan fingerprint density at radius 2 is 1.86 bits per heavy atom. The maximum atomic E-state index is 11.9. The number of methoxy groups -OCH3 is 1.